The smallest absolute Gasteiger partial charge is 0.268 e. The van der Waals surface area contributed by atoms with Crippen molar-refractivity contribution in [2.24, 2.45) is 0 Å². The largest absolute Gasteiger partial charge is 0.350 e. The number of rotatable bonds is 4. The number of aromatic amines is 1. The van der Waals surface area contributed by atoms with E-state index >= 15 is 0 Å². The highest BCUT2D eigenvalue weighted by Gasteiger charge is 2.12. The molecule has 0 aliphatic carbocycles. The Labute approximate surface area is 143 Å². The number of para-hydroxylation sites is 1. The van der Waals surface area contributed by atoms with E-state index in [1.807, 2.05) is 36.5 Å². The Bertz CT molecular complexity index is 1040. The number of nitrogens with one attached hydrogen (secondary N) is 2. The second-order valence-corrected chi connectivity index (χ2v) is 5.70. The molecule has 25 heavy (non-hydrogen) atoms. The quantitative estimate of drug-likeness (QED) is 0.601. The maximum Gasteiger partial charge on any atom is 0.268 e. The Morgan fingerprint density at radius 2 is 2.00 bits per heavy atom. The number of hydrogen-bond donors (Lipinski definition) is 2. The summed E-state index contributed by atoms with van der Waals surface area (Å²) in [4.78, 5) is 15.2. The standard InChI is InChI=1S/C19H15FN4O/c20-16-7-4-8-17-15(16)9-18(23-17)19(25)21-10-13-11-22-24(12-13)14-5-2-1-3-6-14/h1-9,11-12,23H,10H2,(H,21,25). The lowest BCUT2D eigenvalue weighted by Crippen LogP contribution is -2.22. The molecule has 0 bridgehead atoms. The van der Waals surface area contributed by atoms with Crippen LogP contribution in [0.2, 0.25) is 0 Å². The molecule has 4 aromatic rings. The van der Waals surface area contributed by atoms with Crippen LogP contribution in [0.3, 0.4) is 0 Å². The van der Waals surface area contributed by atoms with Gasteiger partial charge in [-0.2, -0.15) is 5.10 Å². The predicted molar refractivity (Wildman–Crippen MR) is 93.0 cm³/mol. The van der Waals surface area contributed by atoms with E-state index in [4.69, 9.17) is 0 Å². The number of carbonyl (C=O) groups excluding carboxylic acids is 1. The lowest BCUT2D eigenvalue weighted by atomic mass is 10.2. The molecule has 0 atom stereocenters. The summed E-state index contributed by atoms with van der Waals surface area (Å²) in [6.45, 7) is 0.337. The molecule has 0 aliphatic heterocycles. The molecule has 2 aromatic heterocycles. The lowest BCUT2D eigenvalue weighted by Gasteiger charge is -2.01. The van der Waals surface area contributed by atoms with E-state index in [0.717, 1.165) is 11.3 Å². The molecule has 0 aliphatic rings. The Hall–Kier alpha value is -3.41. The SMILES string of the molecule is O=C(NCc1cnn(-c2ccccc2)c1)c1cc2c(F)cccc2[nH]1. The third-order valence-electron chi connectivity index (χ3n) is 3.97. The molecule has 0 saturated heterocycles. The number of hydrogen-bond acceptors (Lipinski definition) is 2. The maximum absolute atomic E-state index is 13.7. The Balaban J connectivity index is 1.46. The highest BCUT2D eigenvalue weighted by Crippen LogP contribution is 2.18. The van der Waals surface area contributed by atoms with E-state index in [9.17, 15) is 9.18 Å². The fourth-order valence-corrected chi connectivity index (χ4v) is 2.69. The zero-order chi connectivity index (χ0) is 17.2. The van der Waals surface area contributed by atoms with E-state index in [-0.39, 0.29) is 11.7 Å². The number of carbonyl (C=O) groups is 1. The number of H-pyrrole nitrogens is 1. The first kappa shape index (κ1) is 15.1. The number of halogens is 1. The van der Waals surface area contributed by atoms with Crippen LogP contribution in [0, 0.1) is 5.82 Å². The van der Waals surface area contributed by atoms with Gasteiger partial charge in [-0.05, 0) is 30.3 Å². The van der Waals surface area contributed by atoms with Crippen LogP contribution in [-0.4, -0.2) is 20.7 Å². The zero-order valence-corrected chi connectivity index (χ0v) is 13.2. The number of amides is 1. The second-order valence-electron chi connectivity index (χ2n) is 5.70. The average Bonchev–Trinajstić information content (AvgIpc) is 3.28. The van der Waals surface area contributed by atoms with E-state index < -0.39 is 0 Å². The molecule has 0 saturated carbocycles. The van der Waals surface area contributed by atoms with Crippen LogP contribution in [0.15, 0.2) is 67.0 Å². The molecule has 6 heteroatoms. The molecule has 2 heterocycles. The molecular formula is C19H15FN4O. The molecule has 124 valence electrons. The summed E-state index contributed by atoms with van der Waals surface area (Å²) in [5, 5.41) is 7.51. The van der Waals surface area contributed by atoms with Crippen molar-refractivity contribution in [3.63, 3.8) is 0 Å². The van der Waals surface area contributed by atoms with E-state index in [2.05, 4.69) is 15.4 Å². The van der Waals surface area contributed by atoms with E-state index in [1.165, 1.54) is 12.1 Å². The monoisotopic (exact) mass is 334 g/mol. The van der Waals surface area contributed by atoms with E-state index in [1.54, 1.807) is 23.0 Å². The van der Waals surface area contributed by atoms with Crippen LogP contribution < -0.4 is 5.32 Å². The van der Waals surface area contributed by atoms with Gasteiger partial charge in [-0.15, -0.1) is 0 Å². The molecule has 0 radical (unpaired) electrons. The van der Waals surface area contributed by atoms with Gasteiger partial charge in [-0.25, -0.2) is 9.07 Å². The van der Waals surface area contributed by atoms with Gasteiger partial charge < -0.3 is 10.3 Å². The summed E-state index contributed by atoms with van der Waals surface area (Å²) in [5.41, 5.74) is 2.75. The summed E-state index contributed by atoms with van der Waals surface area (Å²) in [5.74, 6) is -0.639. The Morgan fingerprint density at radius 3 is 2.80 bits per heavy atom. The van der Waals surface area contributed by atoms with Crippen LogP contribution in [0.1, 0.15) is 16.1 Å². The highest BCUT2D eigenvalue weighted by molar-refractivity contribution is 5.98. The number of fused-ring (bicyclic) bond motifs is 1. The number of nitrogens with zero attached hydrogens (tertiary/aromatic N) is 2. The minimum atomic E-state index is -0.350. The fourth-order valence-electron chi connectivity index (χ4n) is 2.69. The first-order valence-corrected chi connectivity index (χ1v) is 7.85. The lowest BCUT2D eigenvalue weighted by molar-refractivity contribution is 0.0947. The van der Waals surface area contributed by atoms with Gasteiger partial charge in [0.1, 0.15) is 11.5 Å². The van der Waals surface area contributed by atoms with Crippen molar-refractivity contribution < 1.29 is 9.18 Å². The van der Waals surface area contributed by atoms with Crippen molar-refractivity contribution in [2.45, 2.75) is 6.54 Å². The van der Waals surface area contributed by atoms with Gasteiger partial charge >= 0.3 is 0 Å². The first-order chi connectivity index (χ1) is 12.2. The molecule has 5 nitrogen and oxygen atoms in total. The van der Waals surface area contributed by atoms with Crippen molar-refractivity contribution in [1.29, 1.82) is 0 Å². The Morgan fingerprint density at radius 1 is 1.16 bits per heavy atom. The molecule has 4 rings (SSSR count). The minimum absolute atomic E-state index is 0.289. The van der Waals surface area contributed by atoms with Crippen molar-refractivity contribution in [1.82, 2.24) is 20.1 Å². The maximum atomic E-state index is 13.7. The molecule has 2 N–H and O–H groups in total. The summed E-state index contributed by atoms with van der Waals surface area (Å²) >= 11 is 0. The van der Waals surface area contributed by atoms with Crippen LogP contribution >= 0.6 is 0 Å². The normalized spacial score (nSPS) is 10.9. The summed E-state index contributed by atoms with van der Waals surface area (Å²) in [6.07, 6.45) is 3.57. The van der Waals surface area contributed by atoms with Gasteiger partial charge in [-0.1, -0.05) is 24.3 Å². The van der Waals surface area contributed by atoms with Crippen molar-refractivity contribution in [3.8, 4) is 5.69 Å². The van der Waals surface area contributed by atoms with Gasteiger partial charge in [0.05, 0.1) is 11.9 Å². The van der Waals surface area contributed by atoms with Gasteiger partial charge in [-0.3, -0.25) is 4.79 Å². The van der Waals surface area contributed by atoms with Crippen LogP contribution in [0.4, 0.5) is 4.39 Å². The van der Waals surface area contributed by atoms with Crippen molar-refractivity contribution in [2.75, 3.05) is 0 Å². The van der Waals surface area contributed by atoms with Crippen LogP contribution in [0.5, 0.6) is 0 Å². The fraction of sp³-hybridized carbons (Fsp3) is 0.0526. The third kappa shape index (κ3) is 3.01. The van der Waals surface area contributed by atoms with Gasteiger partial charge in [0.15, 0.2) is 0 Å². The predicted octanol–water partition coefficient (Wildman–Crippen LogP) is 3.42. The Kier molecular flexibility index (Phi) is 3.78. The number of benzene rings is 2. The van der Waals surface area contributed by atoms with Crippen molar-refractivity contribution >= 4 is 16.8 Å². The van der Waals surface area contributed by atoms with Crippen LogP contribution in [-0.2, 0) is 6.54 Å². The zero-order valence-electron chi connectivity index (χ0n) is 13.2. The van der Waals surface area contributed by atoms with Gasteiger partial charge in [0.2, 0.25) is 0 Å². The topological polar surface area (TPSA) is 62.7 Å². The molecule has 2 aromatic carbocycles. The number of aromatic nitrogens is 3. The van der Waals surface area contributed by atoms with Crippen LogP contribution in [0.25, 0.3) is 16.6 Å². The second kappa shape index (κ2) is 6.24. The first-order valence-electron chi connectivity index (χ1n) is 7.85. The molecule has 0 fully saturated rings. The minimum Gasteiger partial charge on any atom is -0.350 e. The molecular weight excluding hydrogens is 319 g/mol. The summed E-state index contributed by atoms with van der Waals surface area (Å²) in [6, 6.07) is 16.0. The van der Waals surface area contributed by atoms with E-state index in [0.29, 0.717) is 23.1 Å². The third-order valence-corrected chi connectivity index (χ3v) is 3.97. The van der Waals surface area contributed by atoms with Gasteiger partial charge in [0, 0.05) is 29.2 Å². The summed E-state index contributed by atoms with van der Waals surface area (Å²) < 4.78 is 15.5. The molecule has 1 amide bonds. The molecule has 0 spiro atoms. The molecule has 0 unspecified atom stereocenters. The highest BCUT2D eigenvalue weighted by atomic mass is 19.1. The average molecular weight is 334 g/mol. The summed E-state index contributed by atoms with van der Waals surface area (Å²) in [7, 11) is 0. The van der Waals surface area contributed by atoms with Crippen molar-refractivity contribution in [3.05, 3.63) is 84.1 Å². The van der Waals surface area contributed by atoms with Gasteiger partial charge in [0.25, 0.3) is 5.91 Å².